The van der Waals surface area contributed by atoms with Crippen molar-refractivity contribution in [1.82, 2.24) is 9.97 Å². The average Bonchev–Trinajstić information content (AvgIpc) is 2.38. The van der Waals surface area contributed by atoms with E-state index < -0.39 is 0 Å². The Hall–Kier alpha value is -0.830. The van der Waals surface area contributed by atoms with Crippen LogP contribution < -0.4 is 4.90 Å². The maximum atomic E-state index is 5.71. The van der Waals surface area contributed by atoms with Crippen LogP contribution >= 0.6 is 11.6 Å². The summed E-state index contributed by atoms with van der Waals surface area (Å²) in [5, 5.41) is 0. The maximum Gasteiger partial charge on any atom is 0.147 e. The number of rotatable bonds is 3. The quantitative estimate of drug-likeness (QED) is 0.775. The number of aromatic nitrogens is 2. The van der Waals surface area contributed by atoms with Crippen molar-refractivity contribution in [1.29, 1.82) is 0 Å². The van der Waals surface area contributed by atoms with Gasteiger partial charge in [0.2, 0.25) is 0 Å². The van der Waals surface area contributed by atoms with Gasteiger partial charge in [0, 0.05) is 13.1 Å². The van der Waals surface area contributed by atoms with E-state index in [1.54, 1.807) is 6.20 Å². The van der Waals surface area contributed by atoms with E-state index in [-0.39, 0.29) is 0 Å². The molecule has 1 aromatic heterocycles. The number of alkyl halides is 1. The van der Waals surface area contributed by atoms with Crippen LogP contribution in [0.25, 0.3) is 0 Å². The molecule has 1 saturated carbocycles. The van der Waals surface area contributed by atoms with Crippen LogP contribution in [0, 0.1) is 5.92 Å². The molecule has 0 aromatic carbocycles. The molecule has 0 saturated heterocycles. The van der Waals surface area contributed by atoms with Gasteiger partial charge >= 0.3 is 0 Å². The lowest BCUT2D eigenvalue weighted by atomic mass is 9.86. The third-order valence-corrected chi connectivity index (χ3v) is 3.92. The van der Waals surface area contributed by atoms with Gasteiger partial charge in [-0.05, 0) is 18.8 Å². The van der Waals surface area contributed by atoms with Crippen LogP contribution in [0.15, 0.2) is 12.4 Å². The van der Waals surface area contributed by atoms with Gasteiger partial charge in [-0.3, -0.25) is 4.98 Å². The minimum Gasteiger partial charge on any atom is -0.355 e. The van der Waals surface area contributed by atoms with Gasteiger partial charge in [0.05, 0.1) is 24.0 Å². The Morgan fingerprint density at radius 2 is 2.18 bits per heavy atom. The summed E-state index contributed by atoms with van der Waals surface area (Å²) in [6.45, 7) is 2.34. The van der Waals surface area contributed by atoms with Crippen molar-refractivity contribution in [3.05, 3.63) is 18.1 Å². The van der Waals surface area contributed by atoms with Crippen LogP contribution in [0.1, 0.15) is 38.3 Å². The molecule has 1 aromatic rings. The van der Waals surface area contributed by atoms with E-state index in [0.29, 0.717) is 11.9 Å². The van der Waals surface area contributed by atoms with Crippen molar-refractivity contribution in [2.24, 2.45) is 5.92 Å². The Labute approximate surface area is 108 Å². The lowest BCUT2D eigenvalue weighted by molar-refractivity contribution is 0.335. The minimum atomic E-state index is 0.428. The zero-order valence-corrected chi connectivity index (χ0v) is 11.3. The molecule has 94 valence electrons. The average molecular weight is 254 g/mol. The molecule has 3 nitrogen and oxygen atoms in total. The SMILES string of the molecule is CC1CCCC(N(C)c2cnc(CCl)cn2)C1. The van der Waals surface area contributed by atoms with Gasteiger partial charge in [0.25, 0.3) is 0 Å². The summed E-state index contributed by atoms with van der Waals surface area (Å²) >= 11 is 5.71. The smallest absolute Gasteiger partial charge is 0.147 e. The summed E-state index contributed by atoms with van der Waals surface area (Å²) in [5.41, 5.74) is 0.834. The summed E-state index contributed by atoms with van der Waals surface area (Å²) in [5.74, 6) is 2.21. The van der Waals surface area contributed by atoms with Crippen LogP contribution in [0.3, 0.4) is 0 Å². The largest absolute Gasteiger partial charge is 0.355 e. The Morgan fingerprint density at radius 3 is 2.76 bits per heavy atom. The lowest BCUT2D eigenvalue weighted by Gasteiger charge is -2.34. The summed E-state index contributed by atoms with van der Waals surface area (Å²) in [6.07, 6.45) is 8.81. The topological polar surface area (TPSA) is 29.0 Å². The summed E-state index contributed by atoms with van der Waals surface area (Å²) < 4.78 is 0. The highest BCUT2D eigenvalue weighted by Crippen LogP contribution is 2.28. The fourth-order valence-electron chi connectivity index (χ4n) is 2.54. The maximum absolute atomic E-state index is 5.71. The Balaban J connectivity index is 2.04. The second kappa shape index (κ2) is 5.67. The molecule has 0 amide bonds. The Kier molecular flexibility index (Phi) is 4.21. The van der Waals surface area contributed by atoms with Crippen molar-refractivity contribution in [2.75, 3.05) is 11.9 Å². The zero-order chi connectivity index (χ0) is 12.3. The van der Waals surface area contributed by atoms with Gasteiger partial charge in [0.15, 0.2) is 0 Å². The molecule has 2 rings (SSSR count). The van der Waals surface area contributed by atoms with Crippen LogP contribution in [-0.2, 0) is 5.88 Å². The number of hydrogen-bond acceptors (Lipinski definition) is 3. The Morgan fingerprint density at radius 1 is 1.35 bits per heavy atom. The van der Waals surface area contributed by atoms with Gasteiger partial charge in [-0.2, -0.15) is 0 Å². The van der Waals surface area contributed by atoms with E-state index in [0.717, 1.165) is 17.4 Å². The first-order valence-electron chi connectivity index (χ1n) is 6.30. The zero-order valence-electron chi connectivity index (χ0n) is 10.6. The van der Waals surface area contributed by atoms with Crippen molar-refractivity contribution in [3.8, 4) is 0 Å². The molecule has 2 unspecified atom stereocenters. The molecule has 1 aliphatic rings. The standard InChI is InChI=1S/C13H20ClN3/c1-10-4-3-5-12(6-10)17(2)13-9-15-11(7-14)8-16-13/h8-10,12H,3-7H2,1-2H3. The van der Waals surface area contributed by atoms with Gasteiger partial charge in [0.1, 0.15) is 5.82 Å². The van der Waals surface area contributed by atoms with Crippen LogP contribution in [0.5, 0.6) is 0 Å². The fraction of sp³-hybridized carbons (Fsp3) is 0.692. The first kappa shape index (κ1) is 12.6. The second-order valence-corrected chi connectivity index (χ2v) is 5.30. The van der Waals surface area contributed by atoms with Gasteiger partial charge in [-0.1, -0.05) is 19.8 Å². The minimum absolute atomic E-state index is 0.428. The predicted molar refractivity (Wildman–Crippen MR) is 71.4 cm³/mol. The highest BCUT2D eigenvalue weighted by atomic mass is 35.5. The predicted octanol–water partition coefficient (Wildman–Crippen LogP) is 3.23. The third-order valence-electron chi connectivity index (χ3n) is 3.65. The molecule has 1 heterocycles. The molecule has 4 heteroatoms. The number of halogens is 1. The molecular formula is C13H20ClN3. The molecule has 1 aliphatic carbocycles. The molecule has 0 bridgehead atoms. The molecule has 17 heavy (non-hydrogen) atoms. The Bertz CT molecular complexity index is 352. The highest BCUT2D eigenvalue weighted by molar-refractivity contribution is 6.16. The van der Waals surface area contributed by atoms with E-state index in [4.69, 9.17) is 11.6 Å². The molecule has 1 fully saturated rings. The molecular weight excluding hydrogens is 234 g/mol. The van der Waals surface area contributed by atoms with Gasteiger partial charge in [-0.25, -0.2) is 4.98 Å². The normalized spacial score (nSPS) is 24.6. The molecule has 0 aliphatic heterocycles. The molecule has 0 radical (unpaired) electrons. The number of hydrogen-bond donors (Lipinski definition) is 0. The van der Waals surface area contributed by atoms with Crippen LogP contribution in [-0.4, -0.2) is 23.1 Å². The molecule has 2 atom stereocenters. The van der Waals surface area contributed by atoms with E-state index in [2.05, 4.69) is 28.8 Å². The summed E-state index contributed by atoms with van der Waals surface area (Å²) in [4.78, 5) is 11.0. The monoisotopic (exact) mass is 253 g/mol. The molecule has 0 N–H and O–H groups in total. The summed E-state index contributed by atoms with van der Waals surface area (Å²) in [7, 11) is 2.12. The van der Waals surface area contributed by atoms with E-state index in [1.165, 1.54) is 25.7 Å². The highest BCUT2D eigenvalue weighted by Gasteiger charge is 2.23. The lowest BCUT2D eigenvalue weighted by Crippen LogP contribution is -2.36. The van der Waals surface area contributed by atoms with Crippen molar-refractivity contribution in [3.63, 3.8) is 0 Å². The fourth-order valence-corrected chi connectivity index (χ4v) is 2.68. The van der Waals surface area contributed by atoms with E-state index >= 15 is 0 Å². The number of anilines is 1. The number of nitrogens with zero attached hydrogens (tertiary/aromatic N) is 3. The second-order valence-electron chi connectivity index (χ2n) is 5.04. The summed E-state index contributed by atoms with van der Waals surface area (Å²) in [6, 6.07) is 0.606. The van der Waals surface area contributed by atoms with Crippen LogP contribution in [0.2, 0.25) is 0 Å². The van der Waals surface area contributed by atoms with Crippen molar-refractivity contribution < 1.29 is 0 Å². The van der Waals surface area contributed by atoms with Crippen molar-refractivity contribution in [2.45, 2.75) is 44.5 Å². The van der Waals surface area contributed by atoms with Gasteiger partial charge in [-0.15, -0.1) is 11.6 Å². The first-order valence-corrected chi connectivity index (χ1v) is 6.84. The first-order chi connectivity index (χ1) is 8.20. The van der Waals surface area contributed by atoms with E-state index in [1.807, 2.05) is 6.20 Å². The van der Waals surface area contributed by atoms with Crippen LogP contribution in [0.4, 0.5) is 5.82 Å². The third kappa shape index (κ3) is 3.09. The van der Waals surface area contributed by atoms with Gasteiger partial charge < -0.3 is 4.90 Å². The van der Waals surface area contributed by atoms with E-state index in [9.17, 15) is 0 Å². The molecule has 0 spiro atoms. The van der Waals surface area contributed by atoms with Crippen molar-refractivity contribution >= 4 is 17.4 Å².